The third-order valence-electron chi connectivity index (χ3n) is 6.35. The van der Waals surface area contributed by atoms with Gasteiger partial charge in [-0.05, 0) is 55.0 Å². The average molecular weight is 399 g/mol. The second kappa shape index (κ2) is 8.06. The number of aliphatic imine (C=N–C) groups is 1. The molecule has 4 rings (SSSR count). The molecular weight excluding hydrogens is 368 g/mol. The topological polar surface area (TPSA) is 45.2 Å². The zero-order valence-corrected chi connectivity index (χ0v) is 18.3. The molecular formula is C27H30N2O. The molecule has 0 aliphatic heterocycles. The molecule has 0 fully saturated rings. The lowest BCUT2D eigenvalue weighted by molar-refractivity contribution is 0.413. The van der Waals surface area contributed by atoms with Crippen molar-refractivity contribution in [1.29, 1.82) is 0 Å². The van der Waals surface area contributed by atoms with E-state index in [9.17, 15) is 4.79 Å². The Bertz CT molecular complexity index is 1110. The SMILES string of the molecule is C/C=C1\[C@H]2C=C(C)C[C@]1(N=CC=Cc1ccc(C(C)C)cc1)c1ccc(=O)[nH]c1C2. The number of hydrogen-bond donors (Lipinski definition) is 1. The van der Waals surface area contributed by atoms with Crippen molar-refractivity contribution in [1.82, 2.24) is 4.98 Å². The van der Waals surface area contributed by atoms with E-state index in [0.717, 1.165) is 24.1 Å². The van der Waals surface area contributed by atoms with Crippen LogP contribution in [0.3, 0.4) is 0 Å². The highest BCUT2D eigenvalue weighted by molar-refractivity contribution is 5.79. The van der Waals surface area contributed by atoms with Gasteiger partial charge in [0, 0.05) is 35.9 Å². The number of aromatic nitrogens is 1. The Morgan fingerprint density at radius 3 is 2.63 bits per heavy atom. The van der Waals surface area contributed by atoms with Crippen LogP contribution in [0.5, 0.6) is 0 Å². The van der Waals surface area contributed by atoms with E-state index in [1.54, 1.807) is 6.07 Å². The van der Waals surface area contributed by atoms with Gasteiger partial charge in [0.2, 0.25) is 5.56 Å². The Kier molecular flexibility index (Phi) is 5.46. The molecule has 1 aromatic carbocycles. The quantitative estimate of drug-likeness (QED) is 0.502. The molecule has 0 unspecified atom stereocenters. The van der Waals surface area contributed by atoms with Gasteiger partial charge in [-0.2, -0.15) is 0 Å². The lowest BCUT2D eigenvalue weighted by Crippen LogP contribution is -2.40. The van der Waals surface area contributed by atoms with E-state index < -0.39 is 5.54 Å². The number of benzene rings is 1. The van der Waals surface area contributed by atoms with E-state index >= 15 is 0 Å². The third-order valence-corrected chi connectivity index (χ3v) is 6.35. The molecule has 3 heteroatoms. The van der Waals surface area contributed by atoms with Crippen LogP contribution in [0.1, 0.15) is 62.4 Å². The van der Waals surface area contributed by atoms with E-state index in [1.165, 1.54) is 22.3 Å². The smallest absolute Gasteiger partial charge is 0.248 e. The van der Waals surface area contributed by atoms with Gasteiger partial charge in [-0.25, -0.2) is 0 Å². The maximum Gasteiger partial charge on any atom is 0.248 e. The lowest BCUT2D eigenvalue weighted by atomic mass is 9.63. The lowest BCUT2D eigenvalue weighted by Gasteiger charge is -2.45. The number of fused-ring (bicyclic) bond motifs is 4. The summed E-state index contributed by atoms with van der Waals surface area (Å²) >= 11 is 0. The van der Waals surface area contributed by atoms with Gasteiger partial charge in [-0.1, -0.05) is 61.9 Å². The number of H-pyrrole nitrogens is 1. The summed E-state index contributed by atoms with van der Waals surface area (Å²) in [6.07, 6.45) is 12.3. The summed E-state index contributed by atoms with van der Waals surface area (Å²) < 4.78 is 0. The van der Waals surface area contributed by atoms with Gasteiger partial charge in [0.15, 0.2) is 0 Å². The molecule has 0 saturated heterocycles. The summed E-state index contributed by atoms with van der Waals surface area (Å²) in [5.74, 6) is 0.829. The number of pyridine rings is 1. The Hall–Kier alpha value is -2.94. The van der Waals surface area contributed by atoms with E-state index in [0.29, 0.717) is 11.8 Å². The molecule has 2 bridgehead atoms. The number of hydrogen-bond acceptors (Lipinski definition) is 2. The molecule has 0 saturated carbocycles. The van der Waals surface area contributed by atoms with Crippen molar-refractivity contribution >= 4 is 12.3 Å². The summed E-state index contributed by atoms with van der Waals surface area (Å²) in [4.78, 5) is 20.1. The van der Waals surface area contributed by atoms with E-state index in [-0.39, 0.29) is 5.56 Å². The molecule has 3 nitrogen and oxygen atoms in total. The summed E-state index contributed by atoms with van der Waals surface area (Å²) in [5, 5.41) is 0. The summed E-state index contributed by atoms with van der Waals surface area (Å²) in [6, 6.07) is 12.3. The van der Waals surface area contributed by atoms with E-state index in [2.05, 4.69) is 75.2 Å². The Balaban J connectivity index is 1.69. The second-order valence-corrected chi connectivity index (χ2v) is 8.78. The largest absolute Gasteiger partial charge is 0.326 e. The van der Waals surface area contributed by atoms with Crippen molar-refractivity contribution in [2.75, 3.05) is 0 Å². The van der Waals surface area contributed by atoms with Crippen LogP contribution in [-0.2, 0) is 12.0 Å². The molecule has 1 heterocycles. The minimum atomic E-state index is -0.429. The maximum absolute atomic E-state index is 11.9. The molecule has 0 radical (unpaired) electrons. The van der Waals surface area contributed by atoms with Crippen LogP contribution in [0, 0.1) is 5.92 Å². The van der Waals surface area contributed by atoms with E-state index in [1.807, 2.05) is 18.4 Å². The zero-order chi connectivity index (χ0) is 21.3. The number of nitrogens with zero attached hydrogens (tertiary/aromatic N) is 1. The van der Waals surface area contributed by atoms with Gasteiger partial charge in [0.05, 0.1) is 0 Å². The predicted octanol–water partition coefficient (Wildman–Crippen LogP) is 5.95. The monoisotopic (exact) mass is 398 g/mol. The highest BCUT2D eigenvalue weighted by Gasteiger charge is 2.46. The van der Waals surface area contributed by atoms with Gasteiger partial charge in [-0.3, -0.25) is 9.79 Å². The van der Waals surface area contributed by atoms with Crippen molar-refractivity contribution in [3.8, 4) is 0 Å². The van der Waals surface area contributed by atoms with Gasteiger partial charge >= 0.3 is 0 Å². The first-order valence-electron chi connectivity index (χ1n) is 10.8. The highest BCUT2D eigenvalue weighted by Crippen LogP contribution is 2.51. The highest BCUT2D eigenvalue weighted by atomic mass is 16.1. The van der Waals surface area contributed by atoms with Crippen LogP contribution < -0.4 is 5.56 Å². The van der Waals surface area contributed by atoms with Crippen LogP contribution in [0.4, 0.5) is 0 Å². The minimum Gasteiger partial charge on any atom is -0.326 e. The molecule has 1 aromatic heterocycles. The van der Waals surface area contributed by atoms with E-state index in [4.69, 9.17) is 4.99 Å². The van der Waals surface area contributed by atoms with Crippen molar-refractivity contribution in [3.63, 3.8) is 0 Å². The minimum absolute atomic E-state index is 0.0414. The van der Waals surface area contributed by atoms with Crippen LogP contribution in [-0.4, -0.2) is 11.2 Å². The number of allylic oxidation sites excluding steroid dienone is 3. The normalized spacial score (nSPS) is 24.6. The first-order valence-corrected chi connectivity index (χ1v) is 10.8. The molecule has 0 amide bonds. The predicted molar refractivity (Wildman–Crippen MR) is 126 cm³/mol. The van der Waals surface area contributed by atoms with Crippen LogP contribution in [0.2, 0.25) is 0 Å². The first kappa shape index (κ1) is 20.3. The molecule has 30 heavy (non-hydrogen) atoms. The van der Waals surface area contributed by atoms with Crippen molar-refractivity contribution in [2.45, 2.75) is 52.0 Å². The fourth-order valence-corrected chi connectivity index (χ4v) is 4.97. The Morgan fingerprint density at radius 2 is 1.93 bits per heavy atom. The van der Waals surface area contributed by atoms with Crippen molar-refractivity contribution in [3.05, 3.63) is 98.5 Å². The van der Waals surface area contributed by atoms with Crippen molar-refractivity contribution in [2.24, 2.45) is 10.9 Å². The average Bonchev–Trinajstić information content (AvgIpc) is 2.71. The molecule has 2 aromatic rings. The first-order chi connectivity index (χ1) is 14.4. The summed E-state index contributed by atoms with van der Waals surface area (Å²) in [6.45, 7) is 8.70. The van der Waals surface area contributed by atoms with Crippen molar-refractivity contribution < 1.29 is 0 Å². The molecule has 1 N–H and O–H groups in total. The molecule has 2 aliphatic carbocycles. The number of rotatable bonds is 4. The molecule has 0 spiro atoms. The number of aromatic amines is 1. The van der Waals surface area contributed by atoms with Crippen LogP contribution >= 0.6 is 0 Å². The Labute approximate surface area is 179 Å². The molecule has 2 atom stereocenters. The fraction of sp³-hybridized carbons (Fsp3) is 0.333. The van der Waals surface area contributed by atoms with Gasteiger partial charge in [0.1, 0.15) is 5.54 Å². The number of nitrogens with one attached hydrogen (secondary N) is 1. The van der Waals surface area contributed by atoms with Gasteiger partial charge in [-0.15, -0.1) is 0 Å². The standard InChI is InChI=1S/C27H30N2O/c1-5-23-22-15-19(4)17-27(23,24-12-13-26(30)29-25(24)16-22)28-14-6-7-20-8-10-21(11-9-20)18(2)3/h5-15,18,22H,16-17H2,1-4H3,(H,29,30)/b7-6?,23-5+,28-14?/t22-,27+/m0/s1. The third kappa shape index (κ3) is 3.65. The maximum atomic E-state index is 11.9. The molecule has 154 valence electrons. The fourth-order valence-electron chi connectivity index (χ4n) is 4.97. The summed E-state index contributed by atoms with van der Waals surface area (Å²) in [7, 11) is 0. The summed E-state index contributed by atoms with van der Waals surface area (Å²) in [5.41, 5.74) is 6.88. The van der Waals surface area contributed by atoms with Gasteiger partial charge < -0.3 is 4.98 Å². The zero-order valence-electron chi connectivity index (χ0n) is 18.3. The second-order valence-electron chi connectivity index (χ2n) is 8.78. The van der Waals surface area contributed by atoms with Crippen LogP contribution in [0.15, 0.2) is 75.6 Å². The van der Waals surface area contributed by atoms with Gasteiger partial charge in [0.25, 0.3) is 0 Å². The Morgan fingerprint density at radius 1 is 1.17 bits per heavy atom. The molecule has 2 aliphatic rings. The van der Waals surface area contributed by atoms with Crippen LogP contribution in [0.25, 0.3) is 6.08 Å².